The lowest BCUT2D eigenvalue weighted by molar-refractivity contribution is 0.314. The molecule has 0 spiro atoms. The first-order valence-corrected chi connectivity index (χ1v) is 7.70. The smallest absolute Gasteiger partial charge is 0.244 e. The van der Waals surface area contributed by atoms with E-state index in [2.05, 4.69) is 0 Å². The highest BCUT2D eigenvalue weighted by Crippen LogP contribution is 2.47. The molecule has 1 unspecified atom stereocenters. The molecule has 0 fully saturated rings. The molecule has 3 rings (SSSR count). The minimum atomic E-state index is -3.50. The Morgan fingerprint density at radius 1 is 1.10 bits per heavy atom. The first kappa shape index (κ1) is 13.1. The Morgan fingerprint density at radius 3 is 2.50 bits per heavy atom. The fraction of sp³-hybridized carbons (Fsp3) is 0.200. The maximum Gasteiger partial charge on any atom is 0.244 e. The number of sulfonamides is 1. The molecule has 0 aromatic heterocycles. The molecule has 1 N–H and O–H groups in total. The SMILES string of the molecule is CN1C(C)(c2cccc(O)c2)c2ccccc2S1(=O)=O. The Labute approximate surface area is 118 Å². The van der Waals surface area contributed by atoms with Crippen molar-refractivity contribution in [1.82, 2.24) is 4.31 Å². The minimum Gasteiger partial charge on any atom is -0.508 e. The predicted molar refractivity (Wildman–Crippen MR) is 76.0 cm³/mol. The van der Waals surface area contributed by atoms with E-state index in [1.54, 1.807) is 37.4 Å². The number of rotatable bonds is 1. The van der Waals surface area contributed by atoms with Gasteiger partial charge in [0.1, 0.15) is 5.75 Å². The molecule has 0 amide bonds. The molecule has 0 bridgehead atoms. The van der Waals surface area contributed by atoms with Crippen molar-refractivity contribution in [2.24, 2.45) is 0 Å². The van der Waals surface area contributed by atoms with E-state index in [0.29, 0.717) is 4.90 Å². The van der Waals surface area contributed by atoms with Crippen molar-refractivity contribution < 1.29 is 13.5 Å². The number of hydrogen-bond acceptors (Lipinski definition) is 3. The Morgan fingerprint density at radius 2 is 1.80 bits per heavy atom. The fourth-order valence-electron chi connectivity index (χ4n) is 2.80. The molecule has 0 saturated carbocycles. The summed E-state index contributed by atoms with van der Waals surface area (Å²) in [6.07, 6.45) is 0. The van der Waals surface area contributed by atoms with Crippen LogP contribution in [-0.4, -0.2) is 24.9 Å². The van der Waals surface area contributed by atoms with Crippen LogP contribution in [0.3, 0.4) is 0 Å². The van der Waals surface area contributed by atoms with Gasteiger partial charge in [-0.2, -0.15) is 4.31 Å². The highest BCUT2D eigenvalue weighted by Gasteiger charge is 2.49. The molecule has 4 nitrogen and oxygen atoms in total. The van der Waals surface area contributed by atoms with Gasteiger partial charge < -0.3 is 5.11 Å². The van der Waals surface area contributed by atoms with Gasteiger partial charge in [0.2, 0.25) is 10.0 Å². The van der Waals surface area contributed by atoms with E-state index in [4.69, 9.17) is 0 Å². The lowest BCUT2D eigenvalue weighted by Gasteiger charge is -2.32. The van der Waals surface area contributed by atoms with Crippen LogP contribution in [0.2, 0.25) is 0 Å². The lowest BCUT2D eigenvalue weighted by atomic mass is 9.85. The second-order valence-electron chi connectivity index (χ2n) is 5.09. The standard InChI is InChI=1S/C15H15NO3S/c1-15(11-6-5-7-12(17)10-11)13-8-3-4-9-14(13)20(18,19)16(15)2/h3-10,17H,1-2H3. The number of nitrogens with zero attached hydrogens (tertiary/aromatic N) is 1. The third-order valence-electron chi connectivity index (χ3n) is 4.09. The molecule has 2 aromatic rings. The average Bonchev–Trinajstić information content (AvgIpc) is 2.60. The van der Waals surface area contributed by atoms with Crippen molar-refractivity contribution in [3.05, 3.63) is 59.7 Å². The van der Waals surface area contributed by atoms with E-state index in [0.717, 1.165) is 11.1 Å². The van der Waals surface area contributed by atoms with Gasteiger partial charge in [0.15, 0.2) is 0 Å². The number of hydrogen-bond donors (Lipinski definition) is 1. The van der Waals surface area contributed by atoms with Gasteiger partial charge >= 0.3 is 0 Å². The minimum absolute atomic E-state index is 0.124. The van der Waals surface area contributed by atoms with E-state index in [9.17, 15) is 13.5 Å². The van der Waals surface area contributed by atoms with Crippen LogP contribution < -0.4 is 0 Å². The van der Waals surface area contributed by atoms with E-state index >= 15 is 0 Å². The van der Waals surface area contributed by atoms with Gasteiger partial charge in [-0.3, -0.25) is 0 Å². The zero-order valence-electron chi connectivity index (χ0n) is 11.2. The molecule has 2 aromatic carbocycles. The third-order valence-corrected chi connectivity index (χ3v) is 6.09. The highest BCUT2D eigenvalue weighted by atomic mass is 32.2. The summed E-state index contributed by atoms with van der Waals surface area (Å²) in [5.41, 5.74) is 0.662. The first-order chi connectivity index (χ1) is 9.38. The maximum atomic E-state index is 12.5. The quantitative estimate of drug-likeness (QED) is 0.876. The van der Waals surface area contributed by atoms with E-state index < -0.39 is 15.6 Å². The van der Waals surface area contributed by atoms with Crippen LogP contribution in [0, 0.1) is 0 Å². The molecular weight excluding hydrogens is 274 g/mol. The molecule has 1 aliphatic heterocycles. The number of benzene rings is 2. The fourth-order valence-corrected chi connectivity index (χ4v) is 4.57. The van der Waals surface area contributed by atoms with E-state index in [-0.39, 0.29) is 5.75 Å². The Bertz CT molecular complexity index is 785. The van der Waals surface area contributed by atoms with Gasteiger partial charge in [-0.1, -0.05) is 30.3 Å². The Balaban J connectivity index is 2.34. The van der Waals surface area contributed by atoms with Crippen LogP contribution in [0.25, 0.3) is 0 Å². The van der Waals surface area contributed by atoms with Gasteiger partial charge in [-0.15, -0.1) is 0 Å². The number of phenols is 1. The zero-order valence-corrected chi connectivity index (χ0v) is 12.1. The topological polar surface area (TPSA) is 57.6 Å². The van der Waals surface area contributed by atoms with Crippen LogP contribution in [0.4, 0.5) is 0 Å². The largest absolute Gasteiger partial charge is 0.508 e. The molecule has 1 aliphatic rings. The lowest BCUT2D eigenvalue weighted by Crippen LogP contribution is -2.39. The molecule has 104 valence electrons. The Hall–Kier alpha value is -1.85. The molecule has 0 radical (unpaired) electrons. The molecule has 1 heterocycles. The van der Waals surface area contributed by atoms with Crippen LogP contribution in [0.5, 0.6) is 5.75 Å². The molecule has 1 atom stereocenters. The summed E-state index contributed by atoms with van der Waals surface area (Å²) in [5, 5.41) is 9.68. The van der Waals surface area contributed by atoms with Gasteiger partial charge in [-0.05, 0) is 36.2 Å². The summed E-state index contributed by atoms with van der Waals surface area (Å²) < 4.78 is 26.4. The van der Waals surface area contributed by atoms with Crippen LogP contribution in [0.1, 0.15) is 18.1 Å². The molecular formula is C15H15NO3S. The average molecular weight is 289 g/mol. The monoisotopic (exact) mass is 289 g/mol. The summed E-state index contributed by atoms with van der Waals surface area (Å²) >= 11 is 0. The number of aromatic hydroxyl groups is 1. The Kier molecular flexibility index (Phi) is 2.68. The second-order valence-corrected chi connectivity index (χ2v) is 7.03. The maximum absolute atomic E-state index is 12.5. The van der Waals surface area contributed by atoms with Crippen molar-refractivity contribution >= 4 is 10.0 Å². The van der Waals surface area contributed by atoms with Gasteiger partial charge in [0.05, 0.1) is 10.4 Å². The molecule has 20 heavy (non-hydrogen) atoms. The summed E-state index contributed by atoms with van der Waals surface area (Å²) in [4.78, 5) is 0.327. The zero-order chi connectivity index (χ0) is 14.5. The summed E-state index contributed by atoms with van der Waals surface area (Å²) in [6.45, 7) is 1.85. The van der Waals surface area contributed by atoms with Gasteiger partial charge in [-0.25, -0.2) is 8.42 Å². The van der Waals surface area contributed by atoms with E-state index in [1.807, 2.05) is 25.1 Å². The molecule has 0 aliphatic carbocycles. The normalized spacial score (nSPS) is 24.5. The highest BCUT2D eigenvalue weighted by molar-refractivity contribution is 7.89. The first-order valence-electron chi connectivity index (χ1n) is 6.26. The summed E-state index contributed by atoms with van der Waals surface area (Å²) in [7, 11) is -1.93. The van der Waals surface area contributed by atoms with Crippen molar-refractivity contribution in [3.63, 3.8) is 0 Å². The van der Waals surface area contributed by atoms with Crippen LogP contribution in [-0.2, 0) is 15.6 Å². The van der Waals surface area contributed by atoms with E-state index in [1.165, 1.54) is 4.31 Å². The van der Waals surface area contributed by atoms with Crippen molar-refractivity contribution in [3.8, 4) is 5.75 Å². The van der Waals surface area contributed by atoms with Crippen molar-refractivity contribution in [2.75, 3.05) is 7.05 Å². The number of phenolic OH excluding ortho intramolecular Hbond substituents is 1. The van der Waals surface area contributed by atoms with Crippen LogP contribution >= 0.6 is 0 Å². The van der Waals surface area contributed by atoms with Gasteiger partial charge in [0.25, 0.3) is 0 Å². The molecule has 5 heteroatoms. The summed E-state index contributed by atoms with van der Waals surface area (Å²) in [5.74, 6) is 0.124. The number of fused-ring (bicyclic) bond motifs is 1. The summed E-state index contributed by atoms with van der Waals surface area (Å²) in [6, 6.07) is 13.7. The van der Waals surface area contributed by atoms with Crippen molar-refractivity contribution in [2.45, 2.75) is 17.4 Å². The van der Waals surface area contributed by atoms with Gasteiger partial charge in [0, 0.05) is 7.05 Å². The predicted octanol–water partition coefficient (Wildman–Crippen LogP) is 2.29. The van der Waals surface area contributed by atoms with Crippen LogP contribution in [0.15, 0.2) is 53.4 Å². The molecule has 0 saturated heterocycles. The third kappa shape index (κ3) is 1.53. The van der Waals surface area contributed by atoms with Crippen molar-refractivity contribution in [1.29, 1.82) is 0 Å². The second kappa shape index (κ2) is 4.07.